The van der Waals surface area contributed by atoms with Gasteiger partial charge in [-0.25, -0.2) is 0 Å². The van der Waals surface area contributed by atoms with Crippen LogP contribution in [0.25, 0.3) is 0 Å². The number of halogens is 1. The smallest absolute Gasteiger partial charge is 0.145 e. The van der Waals surface area contributed by atoms with Gasteiger partial charge in [-0.1, -0.05) is 12.1 Å². The Kier molecular flexibility index (Phi) is 3.76. The highest BCUT2D eigenvalue weighted by Crippen LogP contribution is 2.28. The third kappa shape index (κ3) is 3.05. The molecule has 1 atom stereocenters. The van der Waals surface area contributed by atoms with E-state index in [0.717, 1.165) is 10.2 Å². The topological polar surface area (TPSA) is 42.4 Å². The van der Waals surface area contributed by atoms with E-state index in [1.165, 1.54) is 0 Å². The number of pyridine rings is 1. The van der Waals surface area contributed by atoms with Crippen molar-refractivity contribution in [2.75, 3.05) is 0 Å². The van der Waals surface area contributed by atoms with Gasteiger partial charge in [-0.05, 0) is 47.1 Å². The molecule has 0 amide bonds. The monoisotopic (exact) mass is 293 g/mol. The summed E-state index contributed by atoms with van der Waals surface area (Å²) in [4.78, 5) is 4.11. The minimum Gasteiger partial charge on any atom is -0.455 e. The Morgan fingerprint density at radius 1 is 1.24 bits per heavy atom. The van der Waals surface area contributed by atoms with Crippen LogP contribution in [0.2, 0.25) is 0 Å². The minimum atomic E-state index is -0.562. The van der Waals surface area contributed by atoms with E-state index in [4.69, 9.17) is 4.74 Å². The molecule has 1 unspecified atom stereocenters. The third-order valence-electron chi connectivity index (χ3n) is 2.25. The molecule has 88 valence electrons. The number of rotatable bonds is 3. The number of aliphatic hydroxyl groups is 1. The summed E-state index contributed by atoms with van der Waals surface area (Å²) in [5, 5.41) is 9.34. The second-order valence-electron chi connectivity index (χ2n) is 3.63. The van der Waals surface area contributed by atoms with E-state index in [0.29, 0.717) is 11.4 Å². The number of nitrogens with zero attached hydrogens (tertiary/aromatic N) is 1. The molecule has 0 bridgehead atoms. The highest BCUT2D eigenvalue weighted by atomic mass is 79.9. The van der Waals surface area contributed by atoms with E-state index in [2.05, 4.69) is 20.9 Å². The van der Waals surface area contributed by atoms with Crippen molar-refractivity contribution in [3.05, 3.63) is 52.8 Å². The number of ether oxygens (including phenoxy) is 1. The maximum Gasteiger partial charge on any atom is 0.145 e. The van der Waals surface area contributed by atoms with Gasteiger partial charge in [0.25, 0.3) is 0 Å². The number of hydrogen-bond acceptors (Lipinski definition) is 3. The number of aromatic nitrogens is 1. The highest BCUT2D eigenvalue weighted by molar-refractivity contribution is 9.10. The fourth-order valence-electron chi connectivity index (χ4n) is 1.35. The molecule has 0 fully saturated rings. The van der Waals surface area contributed by atoms with Crippen LogP contribution in [0, 0.1) is 0 Å². The average Bonchev–Trinajstić information content (AvgIpc) is 2.33. The lowest BCUT2D eigenvalue weighted by Crippen LogP contribution is -1.95. The van der Waals surface area contributed by atoms with Crippen molar-refractivity contribution in [3.63, 3.8) is 0 Å². The zero-order chi connectivity index (χ0) is 12.3. The summed E-state index contributed by atoms with van der Waals surface area (Å²) >= 11 is 3.41. The summed E-state index contributed by atoms with van der Waals surface area (Å²) in [6.07, 6.45) is 1.04. The SMILES string of the molecule is CC(O)c1ccc(Oc2ccccc2Br)cn1. The zero-order valence-corrected chi connectivity index (χ0v) is 10.9. The molecule has 3 nitrogen and oxygen atoms in total. The van der Waals surface area contributed by atoms with Crippen molar-refractivity contribution in [3.8, 4) is 11.5 Å². The molecule has 17 heavy (non-hydrogen) atoms. The Hall–Kier alpha value is -1.39. The van der Waals surface area contributed by atoms with Gasteiger partial charge in [-0.2, -0.15) is 0 Å². The van der Waals surface area contributed by atoms with E-state index < -0.39 is 6.10 Å². The van der Waals surface area contributed by atoms with Crippen LogP contribution in [-0.4, -0.2) is 10.1 Å². The number of para-hydroxylation sites is 1. The lowest BCUT2D eigenvalue weighted by Gasteiger charge is -2.08. The molecule has 2 rings (SSSR count). The zero-order valence-electron chi connectivity index (χ0n) is 9.30. The molecule has 1 aromatic carbocycles. The molecule has 1 aromatic heterocycles. The first kappa shape index (κ1) is 12.1. The summed E-state index contributed by atoms with van der Waals surface area (Å²) in [5.74, 6) is 1.38. The van der Waals surface area contributed by atoms with E-state index in [1.807, 2.05) is 24.3 Å². The van der Waals surface area contributed by atoms with Crippen molar-refractivity contribution in [1.82, 2.24) is 4.98 Å². The van der Waals surface area contributed by atoms with E-state index in [1.54, 1.807) is 25.3 Å². The van der Waals surface area contributed by atoms with Crippen LogP contribution in [0.4, 0.5) is 0 Å². The Balaban J connectivity index is 2.17. The van der Waals surface area contributed by atoms with Crippen molar-refractivity contribution in [2.24, 2.45) is 0 Å². The van der Waals surface area contributed by atoms with Crippen LogP contribution in [-0.2, 0) is 0 Å². The van der Waals surface area contributed by atoms with E-state index >= 15 is 0 Å². The van der Waals surface area contributed by atoms with Gasteiger partial charge >= 0.3 is 0 Å². The van der Waals surface area contributed by atoms with Gasteiger partial charge < -0.3 is 9.84 Å². The van der Waals surface area contributed by atoms with Crippen LogP contribution in [0.15, 0.2) is 47.1 Å². The molecule has 0 spiro atoms. The second kappa shape index (κ2) is 5.29. The summed E-state index contributed by atoms with van der Waals surface area (Å²) in [6.45, 7) is 1.68. The third-order valence-corrected chi connectivity index (χ3v) is 2.91. The second-order valence-corrected chi connectivity index (χ2v) is 4.48. The van der Waals surface area contributed by atoms with Crippen molar-refractivity contribution < 1.29 is 9.84 Å². The van der Waals surface area contributed by atoms with Crippen LogP contribution in [0.1, 0.15) is 18.7 Å². The van der Waals surface area contributed by atoms with Gasteiger partial charge in [-0.15, -0.1) is 0 Å². The van der Waals surface area contributed by atoms with E-state index in [9.17, 15) is 5.11 Å². The Labute approximate surface area is 108 Å². The predicted octanol–water partition coefficient (Wildman–Crippen LogP) is 3.69. The first-order chi connectivity index (χ1) is 8.16. The predicted molar refractivity (Wildman–Crippen MR) is 69.1 cm³/mol. The van der Waals surface area contributed by atoms with Crippen LogP contribution < -0.4 is 4.74 Å². The summed E-state index contributed by atoms with van der Waals surface area (Å²) < 4.78 is 6.54. The van der Waals surface area contributed by atoms with Crippen molar-refractivity contribution >= 4 is 15.9 Å². The van der Waals surface area contributed by atoms with Crippen LogP contribution >= 0.6 is 15.9 Å². The molecule has 2 aromatic rings. The number of aliphatic hydroxyl groups excluding tert-OH is 1. The summed E-state index contributed by atoms with van der Waals surface area (Å²) in [5.41, 5.74) is 0.629. The molecular weight excluding hydrogens is 282 g/mol. The molecule has 1 heterocycles. The summed E-state index contributed by atoms with van der Waals surface area (Å²) in [7, 11) is 0. The van der Waals surface area contributed by atoms with Gasteiger partial charge in [0.15, 0.2) is 0 Å². The average molecular weight is 294 g/mol. The van der Waals surface area contributed by atoms with Gasteiger partial charge in [0.05, 0.1) is 22.5 Å². The summed E-state index contributed by atoms with van der Waals surface area (Å²) in [6, 6.07) is 11.1. The Morgan fingerprint density at radius 3 is 2.59 bits per heavy atom. The lowest BCUT2D eigenvalue weighted by molar-refractivity contribution is 0.194. The number of hydrogen-bond donors (Lipinski definition) is 1. The van der Waals surface area contributed by atoms with E-state index in [-0.39, 0.29) is 0 Å². The van der Waals surface area contributed by atoms with Gasteiger partial charge in [-0.3, -0.25) is 4.98 Å². The molecular formula is C13H12BrNO2. The van der Waals surface area contributed by atoms with Gasteiger partial charge in [0.1, 0.15) is 11.5 Å². The first-order valence-corrected chi connectivity index (χ1v) is 6.02. The Bertz CT molecular complexity index is 497. The van der Waals surface area contributed by atoms with Crippen molar-refractivity contribution in [2.45, 2.75) is 13.0 Å². The fraction of sp³-hybridized carbons (Fsp3) is 0.154. The normalized spacial score (nSPS) is 12.2. The minimum absolute atomic E-state index is 0.562. The van der Waals surface area contributed by atoms with Crippen LogP contribution in [0.3, 0.4) is 0 Å². The molecule has 0 saturated heterocycles. The molecule has 1 N–H and O–H groups in total. The molecule has 0 aliphatic rings. The first-order valence-electron chi connectivity index (χ1n) is 5.23. The quantitative estimate of drug-likeness (QED) is 0.938. The van der Waals surface area contributed by atoms with Gasteiger partial charge in [0.2, 0.25) is 0 Å². The molecule has 0 aliphatic heterocycles. The van der Waals surface area contributed by atoms with Gasteiger partial charge in [0, 0.05) is 0 Å². The standard InChI is InChI=1S/C13H12BrNO2/c1-9(16)12-7-6-10(8-15-12)17-13-5-3-2-4-11(13)14/h2-9,16H,1H3. The molecule has 0 aliphatic carbocycles. The fourth-order valence-corrected chi connectivity index (χ4v) is 1.72. The largest absolute Gasteiger partial charge is 0.455 e. The maximum atomic E-state index is 9.34. The maximum absolute atomic E-state index is 9.34. The van der Waals surface area contributed by atoms with Crippen LogP contribution in [0.5, 0.6) is 11.5 Å². The molecule has 0 saturated carbocycles. The molecule has 4 heteroatoms. The lowest BCUT2D eigenvalue weighted by atomic mass is 10.2. The number of benzene rings is 1. The highest BCUT2D eigenvalue weighted by Gasteiger charge is 2.04. The van der Waals surface area contributed by atoms with Crippen molar-refractivity contribution in [1.29, 1.82) is 0 Å². The Morgan fingerprint density at radius 2 is 2.00 bits per heavy atom. The molecule has 0 radical (unpaired) electrons.